The number of aromatic nitrogens is 5. The van der Waals surface area contributed by atoms with Gasteiger partial charge in [-0.15, -0.1) is 10.2 Å². The minimum atomic E-state index is -0.235. The molecule has 0 aromatic carbocycles. The Bertz CT molecular complexity index is 1030. The molecule has 2 N–H and O–H groups in total. The molecule has 0 saturated carbocycles. The molecule has 1 amide bonds. The molecule has 2 saturated heterocycles. The van der Waals surface area contributed by atoms with Crippen molar-refractivity contribution in [3.63, 3.8) is 0 Å². The number of nitrogens with one attached hydrogen (secondary N) is 1. The van der Waals surface area contributed by atoms with Crippen LogP contribution in [0.2, 0.25) is 0 Å². The number of hydrogen-bond donors (Lipinski definition) is 2. The second-order valence-electron chi connectivity index (χ2n) is 7.81. The highest BCUT2D eigenvalue weighted by Gasteiger charge is 2.27. The zero-order valence-corrected chi connectivity index (χ0v) is 16.6. The fourth-order valence-corrected chi connectivity index (χ4v) is 4.10. The number of rotatable bonds is 4. The summed E-state index contributed by atoms with van der Waals surface area (Å²) in [5.74, 6) is 1.35. The third-order valence-electron chi connectivity index (χ3n) is 5.79. The van der Waals surface area contributed by atoms with Gasteiger partial charge in [0.1, 0.15) is 0 Å². The Hall–Kier alpha value is -3.27. The quantitative estimate of drug-likeness (QED) is 0.642. The SMILES string of the molecule is O=C(NC1CCN(c2nccn3ccnc23)C1)c1ccc(N2CCC(O)CC2)nn1. The van der Waals surface area contributed by atoms with E-state index >= 15 is 0 Å². The molecule has 10 heteroatoms. The Morgan fingerprint density at radius 2 is 1.77 bits per heavy atom. The average molecular weight is 408 g/mol. The van der Waals surface area contributed by atoms with Gasteiger partial charge in [0.15, 0.2) is 23.0 Å². The molecule has 3 aromatic heterocycles. The molecule has 0 aliphatic carbocycles. The van der Waals surface area contributed by atoms with Crippen LogP contribution in [0.25, 0.3) is 5.65 Å². The van der Waals surface area contributed by atoms with Gasteiger partial charge in [-0.05, 0) is 31.4 Å². The normalized spacial score (nSPS) is 20.1. The van der Waals surface area contributed by atoms with E-state index in [9.17, 15) is 9.90 Å². The van der Waals surface area contributed by atoms with Gasteiger partial charge in [0.2, 0.25) is 0 Å². The largest absolute Gasteiger partial charge is 0.393 e. The van der Waals surface area contributed by atoms with Crippen LogP contribution in [0.3, 0.4) is 0 Å². The summed E-state index contributed by atoms with van der Waals surface area (Å²) < 4.78 is 1.94. The number of carbonyl (C=O) groups excluding carboxylic acids is 1. The first kappa shape index (κ1) is 18.7. The van der Waals surface area contributed by atoms with Crippen LogP contribution in [0.5, 0.6) is 0 Å². The van der Waals surface area contributed by atoms with Crippen molar-refractivity contribution >= 4 is 23.2 Å². The third kappa shape index (κ3) is 3.65. The first-order valence-corrected chi connectivity index (χ1v) is 10.3. The van der Waals surface area contributed by atoms with Gasteiger partial charge in [0.05, 0.1) is 6.10 Å². The molecule has 5 rings (SSSR count). The molecule has 30 heavy (non-hydrogen) atoms. The second-order valence-corrected chi connectivity index (χ2v) is 7.81. The Labute approximate surface area is 173 Å². The summed E-state index contributed by atoms with van der Waals surface area (Å²) >= 11 is 0. The summed E-state index contributed by atoms with van der Waals surface area (Å²) in [6.45, 7) is 2.97. The lowest BCUT2D eigenvalue weighted by atomic mass is 10.1. The smallest absolute Gasteiger partial charge is 0.272 e. The molecule has 1 unspecified atom stereocenters. The van der Waals surface area contributed by atoms with E-state index in [1.807, 2.05) is 22.9 Å². The maximum atomic E-state index is 12.6. The minimum absolute atomic E-state index is 0.0135. The summed E-state index contributed by atoms with van der Waals surface area (Å²) in [4.78, 5) is 25.7. The molecule has 5 heterocycles. The maximum Gasteiger partial charge on any atom is 0.272 e. The fourth-order valence-electron chi connectivity index (χ4n) is 4.10. The van der Waals surface area contributed by atoms with Crippen LogP contribution >= 0.6 is 0 Å². The number of imidazole rings is 1. The lowest BCUT2D eigenvalue weighted by molar-refractivity contribution is 0.0934. The molecular weight excluding hydrogens is 384 g/mol. The Morgan fingerprint density at radius 3 is 2.53 bits per heavy atom. The molecule has 1 atom stereocenters. The van der Waals surface area contributed by atoms with Gasteiger partial charge in [-0.25, -0.2) is 9.97 Å². The molecule has 0 radical (unpaired) electrons. The predicted octanol–water partition coefficient (Wildman–Crippen LogP) is 0.489. The molecule has 2 aliphatic rings. The Morgan fingerprint density at radius 1 is 1.00 bits per heavy atom. The molecule has 0 bridgehead atoms. The fraction of sp³-hybridized carbons (Fsp3) is 0.450. The molecule has 3 aromatic rings. The third-order valence-corrected chi connectivity index (χ3v) is 5.79. The number of carbonyl (C=O) groups is 1. The zero-order chi connectivity index (χ0) is 20.5. The van der Waals surface area contributed by atoms with Crippen molar-refractivity contribution < 1.29 is 9.90 Å². The Balaban J connectivity index is 1.20. The zero-order valence-electron chi connectivity index (χ0n) is 16.6. The van der Waals surface area contributed by atoms with Crippen LogP contribution in [0.15, 0.2) is 36.9 Å². The van der Waals surface area contributed by atoms with E-state index < -0.39 is 0 Å². The lowest BCUT2D eigenvalue weighted by Gasteiger charge is -2.30. The van der Waals surface area contributed by atoms with E-state index in [4.69, 9.17) is 0 Å². The van der Waals surface area contributed by atoms with Gasteiger partial charge in [-0.1, -0.05) is 0 Å². The number of nitrogens with zero attached hydrogens (tertiary/aromatic N) is 7. The number of aliphatic hydroxyl groups excluding tert-OH is 1. The van der Waals surface area contributed by atoms with Crippen LogP contribution in [0.1, 0.15) is 29.8 Å². The molecule has 10 nitrogen and oxygen atoms in total. The van der Waals surface area contributed by atoms with Crippen molar-refractivity contribution in [3.05, 3.63) is 42.6 Å². The summed E-state index contributed by atoms with van der Waals surface area (Å²) in [6, 6.07) is 3.55. The minimum Gasteiger partial charge on any atom is -0.393 e. The second kappa shape index (κ2) is 7.86. The molecule has 156 valence electrons. The lowest BCUT2D eigenvalue weighted by Crippen LogP contribution is -2.38. The van der Waals surface area contributed by atoms with Gasteiger partial charge < -0.3 is 24.6 Å². The summed E-state index contributed by atoms with van der Waals surface area (Å²) in [6.07, 6.45) is 9.32. The van der Waals surface area contributed by atoms with E-state index in [1.54, 1.807) is 18.5 Å². The summed E-state index contributed by atoms with van der Waals surface area (Å²) in [5, 5.41) is 21.0. The number of piperidine rings is 1. The monoisotopic (exact) mass is 408 g/mol. The van der Waals surface area contributed by atoms with E-state index in [-0.39, 0.29) is 18.1 Å². The highest BCUT2D eigenvalue weighted by atomic mass is 16.3. The molecular formula is C20H24N8O2. The van der Waals surface area contributed by atoms with Gasteiger partial charge in [0.25, 0.3) is 5.91 Å². The van der Waals surface area contributed by atoms with E-state index in [1.165, 1.54) is 0 Å². The topological polar surface area (TPSA) is 112 Å². The molecule has 0 spiro atoms. The van der Waals surface area contributed by atoms with Crippen molar-refractivity contribution in [2.45, 2.75) is 31.4 Å². The molecule has 2 fully saturated rings. The number of fused-ring (bicyclic) bond motifs is 1. The van der Waals surface area contributed by atoms with Crippen LogP contribution in [-0.2, 0) is 0 Å². The standard InChI is InChI=1S/C20H24N8O2/c29-15-4-9-26(10-5-15)17-2-1-16(24-25-17)20(30)23-14-3-8-28(13-14)19-18-21-6-11-27(18)12-7-22-19/h1-2,6-7,11-12,14-15,29H,3-5,8-10,13H2,(H,23,30). The van der Waals surface area contributed by atoms with Crippen molar-refractivity contribution in [1.29, 1.82) is 0 Å². The van der Waals surface area contributed by atoms with Crippen molar-refractivity contribution in [1.82, 2.24) is 29.9 Å². The Kier molecular flexibility index (Phi) is 4.91. The highest BCUT2D eigenvalue weighted by molar-refractivity contribution is 5.92. The van der Waals surface area contributed by atoms with E-state index in [2.05, 4.69) is 35.3 Å². The molecule has 2 aliphatic heterocycles. The number of hydrogen-bond acceptors (Lipinski definition) is 8. The summed E-state index contributed by atoms with van der Waals surface area (Å²) in [7, 11) is 0. The van der Waals surface area contributed by atoms with Crippen molar-refractivity contribution in [2.75, 3.05) is 36.0 Å². The van der Waals surface area contributed by atoms with Crippen LogP contribution in [-0.4, -0.2) is 73.9 Å². The number of anilines is 2. The first-order valence-electron chi connectivity index (χ1n) is 10.3. The van der Waals surface area contributed by atoms with Gasteiger partial charge in [0, 0.05) is 57.0 Å². The number of amides is 1. The first-order chi connectivity index (χ1) is 14.7. The van der Waals surface area contributed by atoms with Gasteiger partial charge in [-0.3, -0.25) is 4.79 Å². The predicted molar refractivity (Wildman–Crippen MR) is 111 cm³/mol. The van der Waals surface area contributed by atoms with E-state index in [0.29, 0.717) is 12.2 Å². The van der Waals surface area contributed by atoms with Crippen LogP contribution in [0.4, 0.5) is 11.6 Å². The van der Waals surface area contributed by atoms with Crippen molar-refractivity contribution in [2.24, 2.45) is 0 Å². The van der Waals surface area contributed by atoms with E-state index in [0.717, 1.165) is 56.2 Å². The number of aliphatic hydroxyl groups is 1. The van der Waals surface area contributed by atoms with Gasteiger partial charge >= 0.3 is 0 Å². The average Bonchev–Trinajstić information content (AvgIpc) is 3.44. The maximum absolute atomic E-state index is 12.6. The van der Waals surface area contributed by atoms with Crippen molar-refractivity contribution in [3.8, 4) is 0 Å². The highest BCUT2D eigenvalue weighted by Crippen LogP contribution is 2.22. The van der Waals surface area contributed by atoms with Gasteiger partial charge in [-0.2, -0.15) is 0 Å². The summed E-state index contributed by atoms with van der Waals surface area (Å²) in [5.41, 5.74) is 1.12. The van der Waals surface area contributed by atoms with Crippen LogP contribution in [0, 0.1) is 0 Å². The van der Waals surface area contributed by atoms with Crippen LogP contribution < -0.4 is 15.1 Å².